The van der Waals surface area contributed by atoms with Crippen molar-refractivity contribution in [2.24, 2.45) is 0 Å². The smallest absolute Gasteiger partial charge is 0.168 e. The van der Waals surface area contributed by atoms with Crippen LogP contribution >= 0.6 is 0 Å². The number of nitrogens with one attached hydrogen (secondary N) is 1. The normalized spacial score (nSPS) is 11.0. The summed E-state index contributed by atoms with van der Waals surface area (Å²) in [5, 5.41) is 8.80. The van der Waals surface area contributed by atoms with Crippen LogP contribution in [0.4, 0.5) is 5.82 Å². The Kier molecular flexibility index (Phi) is 3.90. The maximum Gasteiger partial charge on any atom is 0.168 e. The summed E-state index contributed by atoms with van der Waals surface area (Å²) in [5.41, 5.74) is 5.47. The van der Waals surface area contributed by atoms with E-state index >= 15 is 0 Å². The summed E-state index contributed by atoms with van der Waals surface area (Å²) in [7, 11) is 0. The molecule has 0 aliphatic carbocycles. The second kappa shape index (κ2) is 6.36. The SMILES string of the molecule is Cc1ccc(CNc2ncnc3c2cnn3-c2ccc(C)cc2)cc1. The summed E-state index contributed by atoms with van der Waals surface area (Å²) in [4.78, 5) is 8.80. The highest BCUT2D eigenvalue weighted by Gasteiger charge is 2.10. The number of fused-ring (bicyclic) bond motifs is 1. The molecule has 0 radical (unpaired) electrons. The van der Waals surface area contributed by atoms with E-state index in [0.29, 0.717) is 6.54 Å². The molecule has 2 heterocycles. The second-order valence-corrected chi connectivity index (χ2v) is 6.19. The number of anilines is 1. The van der Waals surface area contributed by atoms with Gasteiger partial charge in [-0.15, -0.1) is 0 Å². The minimum absolute atomic E-state index is 0.710. The highest BCUT2D eigenvalue weighted by Crippen LogP contribution is 2.22. The number of aryl methyl sites for hydroxylation is 2. The summed E-state index contributed by atoms with van der Waals surface area (Å²) in [6, 6.07) is 16.7. The molecule has 0 aliphatic heterocycles. The molecule has 5 nitrogen and oxygen atoms in total. The first-order valence-corrected chi connectivity index (χ1v) is 8.26. The first kappa shape index (κ1) is 15.3. The molecule has 0 bridgehead atoms. The minimum Gasteiger partial charge on any atom is -0.365 e. The largest absolute Gasteiger partial charge is 0.365 e. The van der Waals surface area contributed by atoms with Crippen molar-refractivity contribution in [2.75, 3.05) is 5.32 Å². The van der Waals surface area contributed by atoms with E-state index in [9.17, 15) is 0 Å². The van der Waals surface area contributed by atoms with Crippen LogP contribution in [-0.4, -0.2) is 19.7 Å². The second-order valence-electron chi connectivity index (χ2n) is 6.19. The number of hydrogen-bond donors (Lipinski definition) is 1. The third kappa shape index (κ3) is 3.08. The van der Waals surface area contributed by atoms with Gasteiger partial charge in [0.1, 0.15) is 12.1 Å². The number of benzene rings is 2. The average Bonchev–Trinajstić information content (AvgIpc) is 3.07. The molecule has 0 aliphatic rings. The summed E-state index contributed by atoms with van der Waals surface area (Å²) in [6.07, 6.45) is 3.39. The predicted octanol–water partition coefficient (Wildman–Crippen LogP) is 4.04. The maximum atomic E-state index is 4.50. The first-order chi connectivity index (χ1) is 12.2. The Morgan fingerprint density at radius 1 is 0.880 bits per heavy atom. The van der Waals surface area contributed by atoms with E-state index in [-0.39, 0.29) is 0 Å². The Bertz CT molecular complexity index is 1000. The Hall–Kier alpha value is -3.21. The standard InChI is InChI=1S/C20H19N5/c1-14-3-7-16(8-4-14)11-21-19-18-12-24-25(20(18)23-13-22-19)17-9-5-15(2)6-10-17/h3-10,12-13H,11H2,1-2H3,(H,21,22,23). The molecule has 2 aromatic heterocycles. The molecule has 5 heteroatoms. The van der Waals surface area contributed by atoms with Gasteiger partial charge in [0.15, 0.2) is 5.65 Å². The van der Waals surface area contributed by atoms with E-state index in [1.165, 1.54) is 16.7 Å². The molecule has 0 saturated carbocycles. The monoisotopic (exact) mass is 329 g/mol. The molecule has 0 atom stereocenters. The molecule has 0 spiro atoms. The van der Waals surface area contributed by atoms with Crippen LogP contribution < -0.4 is 5.32 Å². The number of nitrogens with zero attached hydrogens (tertiary/aromatic N) is 4. The lowest BCUT2D eigenvalue weighted by molar-refractivity contribution is 0.894. The van der Waals surface area contributed by atoms with Gasteiger partial charge in [-0.25, -0.2) is 14.6 Å². The van der Waals surface area contributed by atoms with Crippen LogP contribution in [-0.2, 0) is 6.54 Å². The van der Waals surface area contributed by atoms with E-state index < -0.39 is 0 Å². The van der Waals surface area contributed by atoms with E-state index in [1.54, 1.807) is 6.33 Å². The van der Waals surface area contributed by atoms with Crippen LogP contribution in [0.15, 0.2) is 61.1 Å². The Balaban J connectivity index is 1.64. The van der Waals surface area contributed by atoms with Gasteiger partial charge in [-0.1, -0.05) is 47.5 Å². The molecule has 0 fully saturated rings. The van der Waals surface area contributed by atoms with Crippen LogP contribution in [0.25, 0.3) is 16.7 Å². The van der Waals surface area contributed by atoms with E-state index in [2.05, 4.69) is 70.6 Å². The molecule has 0 saturated heterocycles. The van der Waals surface area contributed by atoms with E-state index in [4.69, 9.17) is 0 Å². The van der Waals surface area contributed by atoms with Gasteiger partial charge in [0.2, 0.25) is 0 Å². The third-order valence-electron chi connectivity index (χ3n) is 4.22. The fraction of sp³-hybridized carbons (Fsp3) is 0.150. The zero-order valence-corrected chi connectivity index (χ0v) is 14.3. The summed E-state index contributed by atoms with van der Waals surface area (Å²) in [5.74, 6) is 0.795. The van der Waals surface area contributed by atoms with Crippen molar-refractivity contribution in [3.8, 4) is 5.69 Å². The lowest BCUT2D eigenvalue weighted by Crippen LogP contribution is -2.03. The fourth-order valence-corrected chi connectivity index (χ4v) is 2.75. The fourth-order valence-electron chi connectivity index (χ4n) is 2.75. The van der Waals surface area contributed by atoms with Gasteiger partial charge >= 0.3 is 0 Å². The molecular formula is C20H19N5. The van der Waals surface area contributed by atoms with Gasteiger partial charge in [-0.3, -0.25) is 0 Å². The van der Waals surface area contributed by atoms with Gasteiger partial charge in [0.05, 0.1) is 17.3 Å². The molecule has 0 amide bonds. The topological polar surface area (TPSA) is 55.6 Å². The molecular weight excluding hydrogens is 310 g/mol. The van der Waals surface area contributed by atoms with Crippen molar-refractivity contribution in [3.63, 3.8) is 0 Å². The summed E-state index contributed by atoms with van der Waals surface area (Å²) < 4.78 is 1.84. The number of rotatable bonds is 4. The quantitative estimate of drug-likeness (QED) is 0.614. The van der Waals surface area contributed by atoms with Crippen LogP contribution in [0.2, 0.25) is 0 Å². The van der Waals surface area contributed by atoms with Gasteiger partial charge in [0.25, 0.3) is 0 Å². The number of hydrogen-bond acceptors (Lipinski definition) is 4. The molecule has 2 aromatic carbocycles. The highest BCUT2D eigenvalue weighted by molar-refractivity contribution is 5.87. The van der Waals surface area contributed by atoms with Crippen LogP contribution in [0.3, 0.4) is 0 Å². The average molecular weight is 329 g/mol. The molecule has 25 heavy (non-hydrogen) atoms. The molecule has 4 aromatic rings. The third-order valence-corrected chi connectivity index (χ3v) is 4.22. The van der Waals surface area contributed by atoms with Crippen LogP contribution in [0.1, 0.15) is 16.7 Å². The lowest BCUT2D eigenvalue weighted by atomic mass is 10.1. The van der Waals surface area contributed by atoms with Gasteiger partial charge in [-0.2, -0.15) is 5.10 Å². The minimum atomic E-state index is 0.710. The van der Waals surface area contributed by atoms with Crippen LogP contribution in [0, 0.1) is 13.8 Å². The molecule has 4 rings (SSSR count). The van der Waals surface area contributed by atoms with Crippen molar-refractivity contribution in [1.82, 2.24) is 19.7 Å². The van der Waals surface area contributed by atoms with Crippen molar-refractivity contribution in [2.45, 2.75) is 20.4 Å². The van der Waals surface area contributed by atoms with E-state index in [0.717, 1.165) is 22.5 Å². The Morgan fingerprint density at radius 3 is 2.28 bits per heavy atom. The zero-order valence-electron chi connectivity index (χ0n) is 14.3. The first-order valence-electron chi connectivity index (χ1n) is 8.26. The highest BCUT2D eigenvalue weighted by atomic mass is 15.3. The van der Waals surface area contributed by atoms with Crippen molar-refractivity contribution in [3.05, 3.63) is 77.7 Å². The van der Waals surface area contributed by atoms with E-state index in [1.807, 2.05) is 23.0 Å². The van der Waals surface area contributed by atoms with Crippen molar-refractivity contribution >= 4 is 16.9 Å². The Morgan fingerprint density at radius 2 is 1.56 bits per heavy atom. The summed E-state index contributed by atoms with van der Waals surface area (Å²) >= 11 is 0. The number of aromatic nitrogens is 4. The zero-order chi connectivity index (χ0) is 17.2. The molecule has 124 valence electrons. The van der Waals surface area contributed by atoms with Gasteiger partial charge in [0, 0.05) is 6.54 Å². The van der Waals surface area contributed by atoms with Gasteiger partial charge in [-0.05, 0) is 31.5 Å². The van der Waals surface area contributed by atoms with Gasteiger partial charge < -0.3 is 5.32 Å². The predicted molar refractivity (Wildman–Crippen MR) is 99.9 cm³/mol. The molecule has 1 N–H and O–H groups in total. The van der Waals surface area contributed by atoms with Crippen molar-refractivity contribution < 1.29 is 0 Å². The van der Waals surface area contributed by atoms with Crippen molar-refractivity contribution in [1.29, 1.82) is 0 Å². The maximum absolute atomic E-state index is 4.50. The summed E-state index contributed by atoms with van der Waals surface area (Å²) in [6.45, 7) is 4.87. The van der Waals surface area contributed by atoms with Crippen LogP contribution in [0.5, 0.6) is 0 Å². The molecule has 0 unspecified atom stereocenters. The lowest BCUT2D eigenvalue weighted by Gasteiger charge is -2.07. The Labute approximate surface area is 146 Å².